The number of likely N-dealkylation sites (tertiary alicyclic amines) is 1. The van der Waals surface area contributed by atoms with E-state index in [1.54, 1.807) is 4.90 Å². The van der Waals surface area contributed by atoms with Gasteiger partial charge in [-0.15, -0.1) is 0 Å². The zero-order valence-corrected chi connectivity index (χ0v) is 8.49. The third-order valence-corrected chi connectivity index (χ3v) is 2.76. The molecule has 1 amide bonds. The molecule has 4 heteroatoms. The summed E-state index contributed by atoms with van der Waals surface area (Å²) in [6, 6.07) is 0.528. The molecule has 1 atom stereocenters. The maximum atomic E-state index is 11.2. The Balaban J connectivity index is 2.34. The van der Waals surface area contributed by atoms with Gasteiger partial charge in [0, 0.05) is 19.6 Å². The van der Waals surface area contributed by atoms with Crippen molar-refractivity contribution < 1.29 is 4.79 Å². The maximum absolute atomic E-state index is 11.2. The van der Waals surface area contributed by atoms with Crippen LogP contribution >= 0.6 is 0 Å². The Labute approximate surface area is 79.7 Å². The Morgan fingerprint density at radius 3 is 2.85 bits per heavy atom. The number of likely N-dealkylation sites (N-methyl/N-ethyl adjacent to an activating group) is 2. The molecule has 0 aromatic carbocycles. The molecular weight excluding hydrogens is 166 g/mol. The lowest BCUT2D eigenvalue weighted by Crippen LogP contribution is -2.41. The summed E-state index contributed by atoms with van der Waals surface area (Å²) in [6.07, 6.45) is 2.44. The SMILES string of the molecule is CN(CC1CCCN1C)C(=O)CN. The molecule has 1 aliphatic heterocycles. The molecule has 0 aromatic heterocycles. The molecule has 1 saturated heterocycles. The summed E-state index contributed by atoms with van der Waals surface area (Å²) < 4.78 is 0. The average molecular weight is 185 g/mol. The monoisotopic (exact) mass is 185 g/mol. The Kier molecular flexibility index (Phi) is 3.69. The number of carbonyl (C=O) groups is 1. The van der Waals surface area contributed by atoms with Crippen molar-refractivity contribution in [2.24, 2.45) is 5.73 Å². The van der Waals surface area contributed by atoms with Gasteiger partial charge in [0.25, 0.3) is 0 Å². The van der Waals surface area contributed by atoms with Gasteiger partial charge in [-0.25, -0.2) is 0 Å². The molecule has 1 heterocycles. The van der Waals surface area contributed by atoms with Gasteiger partial charge in [0.05, 0.1) is 6.54 Å². The van der Waals surface area contributed by atoms with Gasteiger partial charge in [0.2, 0.25) is 5.91 Å². The van der Waals surface area contributed by atoms with E-state index in [0.29, 0.717) is 6.04 Å². The van der Waals surface area contributed by atoms with E-state index in [1.807, 2.05) is 7.05 Å². The molecule has 2 N–H and O–H groups in total. The highest BCUT2D eigenvalue weighted by Gasteiger charge is 2.23. The first kappa shape index (κ1) is 10.5. The number of hydrogen-bond donors (Lipinski definition) is 1. The van der Waals surface area contributed by atoms with E-state index in [2.05, 4.69) is 11.9 Å². The highest BCUT2D eigenvalue weighted by atomic mass is 16.2. The largest absolute Gasteiger partial charge is 0.343 e. The first-order valence-electron chi connectivity index (χ1n) is 4.79. The molecule has 0 aliphatic carbocycles. The second-order valence-electron chi connectivity index (χ2n) is 3.76. The fourth-order valence-corrected chi connectivity index (χ4v) is 1.78. The van der Waals surface area contributed by atoms with E-state index >= 15 is 0 Å². The molecule has 76 valence electrons. The molecule has 0 radical (unpaired) electrons. The van der Waals surface area contributed by atoms with Crippen molar-refractivity contribution in [3.05, 3.63) is 0 Å². The minimum absolute atomic E-state index is 0.0281. The number of carbonyl (C=O) groups excluding carboxylic acids is 1. The second kappa shape index (κ2) is 4.58. The second-order valence-corrected chi connectivity index (χ2v) is 3.76. The zero-order valence-electron chi connectivity index (χ0n) is 8.49. The van der Waals surface area contributed by atoms with Crippen LogP contribution in [0.15, 0.2) is 0 Å². The fourth-order valence-electron chi connectivity index (χ4n) is 1.78. The van der Waals surface area contributed by atoms with Gasteiger partial charge < -0.3 is 15.5 Å². The van der Waals surface area contributed by atoms with Crippen LogP contribution in [0.4, 0.5) is 0 Å². The van der Waals surface area contributed by atoms with Crippen molar-refractivity contribution >= 4 is 5.91 Å². The first-order chi connectivity index (χ1) is 6.15. The summed E-state index contributed by atoms with van der Waals surface area (Å²) in [6.45, 7) is 2.08. The van der Waals surface area contributed by atoms with Gasteiger partial charge in [0.15, 0.2) is 0 Å². The summed E-state index contributed by atoms with van der Waals surface area (Å²) in [4.78, 5) is 15.2. The lowest BCUT2D eigenvalue weighted by molar-refractivity contribution is -0.128. The third-order valence-electron chi connectivity index (χ3n) is 2.76. The average Bonchev–Trinajstić information content (AvgIpc) is 2.50. The summed E-state index contributed by atoms with van der Waals surface area (Å²) in [7, 11) is 3.93. The van der Waals surface area contributed by atoms with Crippen molar-refractivity contribution in [1.29, 1.82) is 0 Å². The van der Waals surface area contributed by atoms with Gasteiger partial charge in [-0.3, -0.25) is 4.79 Å². The topological polar surface area (TPSA) is 49.6 Å². The Morgan fingerprint density at radius 2 is 2.38 bits per heavy atom. The van der Waals surface area contributed by atoms with Gasteiger partial charge in [-0.2, -0.15) is 0 Å². The molecular formula is C9H19N3O. The standard InChI is InChI=1S/C9H19N3O/c1-11-5-3-4-8(11)7-12(2)9(13)6-10/h8H,3-7,10H2,1-2H3. The van der Waals surface area contributed by atoms with Crippen LogP contribution in [0, 0.1) is 0 Å². The number of amides is 1. The summed E-state index contributed by atoms with van der Waals surface area (Å²) >= 11 is 0. The number of nitrogens with zero attached hydrogens (tertiary/aromatic N) is 2. The lowest BCUT2D eigenvalue weighted by atomic mass is 10.2. The van der Waals surface area contributed by atoms with Crippen molar-refractivity contribution in [3.8, 4) is 0 Å². The van der Waals surface area contributed by atoms with Crippen molar-refractivity contribution in [2.45, 2.75) is 18.9 Å². The van der Waals surface area contributed by atoms with E-state index in [9.17, 15) is 4.79 Å². The normalized spacial score (nSPS) is 23.5. The van der Waals surface area contributed by atoms with Crippen LogP contribution in [0.5, 0.6) is 0 Å². The minimum Gasteiger partial charge on any atom is -0.343 e. The molecule has 1 aliphatic rings. The number of rotatable bonds is 3. The maximum Gasteiger partial charge on any atom is 0.236 e. The zero-order chi connectivity index (χ0) is 9.84. The molecule has 1 unspecified atom stereocenters. The van der Waals surface area contributed by atoms with Crippen molar-refractivity contribution in [3.63, 3.8) is 0 Å². The Morgan fingerprint density at radius 1 is 1.69 bits per heavy atom. The van der Waals surface area contributed by atoms with Gasteiger partial charge in [-0.05, 0) is 26.4 Å². The van der Waals surface area contributed by atoms with Gasteiger partial charge in [0.1, 0.15) is 0 Å². The van der Waals surface area contributed by atoms with Crippen LogP contribution in [-0.2, 0) is 4.79 Å². The highest BCUT2D eigenvalue weighted by molar-refractivity contribution is 5.77. The predicted octanol–water partition coefficient (Wildman–Crippen LogP) is -0.502. The van der Waals surface area contributed by atoms with Crippen LogP contribution in [0.1, 0.15) is 12.8 Å². The van der Waals surface area contributed by atoms with Crippen LogP contribution < -0.4 is 5.73 Å². The van der Waals surface area contributed by atoms with Gasteiger partial charge in [-0.1, -0.05) is 0 Å². The molecule has 0 bridgehead atoms. The summed E-state index contributed by atoms with van der Waals surface area (Å²) in [5.41, 5.74) is 5.28. The highest BCUT2D eigenvalue weighted by Crippen LogP contribution is 2.15. The molecule has 0 aromatic rings. The van der Waals surface area contributed by atoms with Crippen LogP contribution in [0.3, 0.4) is 0 Å². The van der Waals surface area contributed by atoms with Crippen molar-refractivity contribution in [1.82, 2.24) is 9.80 Å². The fraction of sp³-hybridized carbons (Fsp3) is 0.889. The van der Waals surface area contributed by atoms with Crippen LogP contribution in [-0.4, -0.2) is 55.5 Å². The van der Waals surface area contributed by atoms with E-state index in [1.165, 1.54) is 12.8 Å². The summed E-state index contributed by atoms with van der Waals surface area (Å²) in [5, 5.41) is 0. The number of hydrogen-bond acceptors (Lipinski definition) is 3. The van der Waals surface area contributed by atoms with E-state index in [4.69, 9.17) is 5.73 Å². The molecule has 13 heavy (non-hydrogen) atoms. The van der Waals surface area contributed by atoms with Crippen LogP contribution in [0.25, 0.3) is 0 Å². The Bertz CT molecular complexity index is 184. The third kappa shape index (κ3) is 2.67. The lowest BCUT2D eigenvalue weighted by Gasteiger charge is -2.25. The smallest absolute Gasteiger partial charge is 0.236 e. The molecule has 1 fully saturated rings. The summed E-state index contributed by atoms with van der Waals surface area (Å²) in [5.74, 6) is 0.0281. The van der Waals surface area contributed by atoms with E-state index in [-0.39, 0.29) is 12.5 Å². The van der Waals surface area contributed by atoms with E-state index < -0.39 is 0 Å². The predicted molar refractivity (Wildman–Crippen MR) is 52.3 cm³/mol. The first-order valence-corrected chi connectivity index (χ1v) is 4.79. The number of nitrogens with two attached hydrogens (primary N) is 1. The van der Waals surface area contributed by atoms with E-state index in [0.717, 1.165) is 13.1 Å². The molecule has 0 spiro atoms. The quantitative estimate of drug-likeness (QED) is 0.645. The van der Waals surface area contributed by atoms with Crippen LogP contribution in [0.2, 0.25) is 0 Å². The minimum atomic E-state index is 0.0281. The molecule has 1 rings (SSSR count). The Hall–Kier alpha value is -0.610. The molecule has 4 nitrogen and oxygen atoms in total. The van der Waals surface area contributed by atoms with Crippen molar-refractivity contribution in [2.75, 3.05) is 33.7 Å². The van der Waals surface area contributed by atoms with Gasteiger partial charge >= 0.3 is 0 Å². The molecule has 0 saturated carbocycles.